The maximum atomic E-state index is 13.8. The Kier molecular flexibility index (Phi) is 3.51. The summed E-state index contributed by atoms with van der Waals surface area (Å²) in [5.41, 5.74) is 7.39. The fourth-order valence-corrected chi connectivity index (χ4v) is 3.09. The number of benzene rings is 2. The number of hydrogen-bond donors (Lipinski definition) is 1. The molecule has 0 fully saturated rings. The Labute approximate surface area is 125 Å². The van der Waals surface area contributed by atoms with Gasteiger partial charge >= 0.3 is 0 Å². The molecule has 2 nitrogen and oxygen atoms in total. The normalized spacial score (nSPS) is 11.0. The Balaban J connectivity index is 2.14. The molecule has 0 aliphatic carbocycles. The van der Waals surface area contributed by atoms with Gasteiger partial charge < -0.3 is 5.73 Å². The Bertz CT molecular complexity index is 834. The standard InChI is InChI=1S/C16H12F2N2S/c1-9-6-11-12(8-20-9)14(19)4-5-15(11)21-16-7-10(17)2-3-13(16)18/h2-8H,19H2,1H3. The van der Waals surface area contributed by atoms with Crippen LogP contribution in [-0.2, 0) is 0 Å². The zero-order valence-corrected chi connectivity index (χ0v) is 12.0. The summed E-state index contributed by atoms with van der Waals surface area (Å²) in [6.07, 6.45) is 1.70. The lowest BCUT2D eigenvalue weighted by Crippen LogP contribution is -1.91. The average molecular weight is 302 g/mol. The van der Waals surface area contributed by atoms with Gasteiger partial charge in [-0.25, -0.2) is 8.78 Å². The second kappa shape index (κ2) is 5.33. The highest BCUT2D eigenvalue weighted by molar-refractivity contribution is 7.99. The van der Waals surface area contributed by atoms with Crippen LogP contribution in [0.25, 0.3) is 10.8 Å². The molecule has 2 aromatic carbocycles. The highest BCUT2D eigenvalue weighted by Gasteiger charge is 2.10. The summed E-state index contributed by atoms with van der Waals surface area (Å²) >= 11 is 1.18. The van der Waals surface area contributed by atoms with Crippen molar-refractivity contribution in [2.24, 2.45) is 0 Å². The topological polar surface area (TPSA) is 38.9 Å². The molecule has 3 rings (SSSR count). The van der Waals surface area contributed by atoms with Crippen molar-refractivity contribution in [3.8, 4) is 0 Å². The van der Waals surface area contributed by atoms with E-state index in [1.165, 1.54) is 17.8 Å². The molecule has 1 aromatic heterocycles. The lowest BCUT2D eigenvalue weighted by atomic mass is 10.1. The molecule has 0 aliphatic rings. The number of pyridine rings is 1. The van der Waals surface area contributed by atoms with E-state index in [-0.39, 0.29) is 4.90 Å². The molecule has 0 aliphatic heterocycles. The fourth-order valence-electron chi connectivity index (χ4n) is 2.10. The Morgan fingerprint density at radius 1 is 1.00 bits per heavy atom. The number of rotatable bonds is 2. The summed E-state index contributed by atoms with van der Waals surface area (Å²) in [5, 5.41) is 1.69. The van der Waals surface area contributed by atoms with Crippen molar-refractivity contribution in [3.05, 3.63) is 59.9 Å². The van der Waals surface area contributed by atoms with E-state index >= 15 is 0 Å². The SMILES string of the molecule is Cc1cc2c(Sc3cc(F)ccc3F)ccc(N)c2cn1. The first-order valence-corrected chi connectivity index (χ1v) is 7.14. The average Bonchev–Trinajstić information content (AvgIpc) is 2.46. The van der Waals surface area contributed by atoms with Gasteiger partial charge in [-0.3, -0.25) is 4.98 Å². The largest absolute Gasteiger partial charge is 0.398 e. The minimum Gasteiger partial charge on any atom is -0.398 e. The Morgan fingerprint density at radius 2 is 1.81 bits per heavy atom. The molecule has 0 spiro atoms. The molecular weight excluding hydrogens is 290 g/mol. The summed E-state index contributed by atoms with van der Waals surface area (Å²) in [7, 11) is 0. The Morgan fingerprint density at radius 3 is 2.62 bits per heavy atom. The van der Waals surface area contributed by atoms with Gasteiger partial charge in [-0.1, -0.05) is 11.8 Å². The molecule has 21 heavy (non-hydrogen) atoms. The fraction of sp³-hybridized carbons (Fsp3) is 0.0625. The van der Waals surface area contributed by atoms with Crippen molar-refractivity contribution in [1.82, 2.24) is 4.98 Å². The minimum absolute atomic E-state index is 0.246. The molecule has 0 saturated carbocycles. The number of anilines is 1. The van der Waals surface area contributed by atoms with E-state index in [1.54, 1.807) is 12.3 Å². The number of aromatic nitrogens is 1. The van der Waals surface area contributed by atoms with Crippen molar-refractivity contribution in [2.75, 3.05) is 5.73 Å². The maximum absolute atomic E-state index is 13.8. The van der Waals surface area contributed by atoms with Crippen LogP contribution in [0.2, 0.25) is 0 Å². The van der Waals surface area contributed by atoms with Gasteiger partial charge in [-0.15, -0.1) is 0 Å². The van der Waals surface area contributed by atoms with Crippen LogP contribution in [0.1, 0.15) is 5.69 Å². The van der Waals surface area contributed by atoms with Crippen molar-refractivity contribution in [2.45, 2.75) is 16.7 Å². The quantitative estimate of drug-likeness (QED) is 0.706. The number of aryl methyl sites for hydroxylation is 1. The molecule has 0 amide bonds. The molecule has 3 aromatic rings. The lowest BCUT2D eigenvalue weighted by molar-refractivity contribution is 0.577. The molecule has 0 atom stereocenters. The van der Waals surface area contributed by atoms with Gasteiger partial charge in [-0.05, 0) is 43.3 Å². The van der Waals surface area contributed by atoms with E-state index in [4.69, 9.17) is 5.73 Å². The second-order valence-electron chi connectivity index (χ2n) is 4.70. The third-order valence-corrected chi connectivity index (χ3v) is 4.25. The third kappa shape index (κ3) is 2.69. The third-order valence-electron chi connectivity index (χ3n) is 3.14. The molecule has 0 radical (unpaired) electrons. The first-order valence-electron chi connectivity index (χ1n) is 6.32. The number of fused-ring (bicyclic) bond motifs is 1. The van der Waals surface area contributed by atoms with E-state index in [0.29, 0.717) is 5.69 Å². The molecule has 1 heterocycles. The zero-order chi connectivity index (χ0) is 15.0. The van der Waals surface area contributed by atoms with Crippen LogP contribution in [0, 0.1) is 18.6 Å². The van der Waals surface area contributed by atoms with Crippen LogP contribution in [-0.4, -0.2) is 4.98 Å². The van der Waals surface area contributed by atoms with E-state index in [9.17, 15) is 8.78 Å². The van der Waals surface area contributed by atoms with Gasteiger partial charge in [0, 0.05) is 33.2 Å². The van der Waals surface area contributed by atoms with E-state index < -0.39 is 11.6 Å². The second-order valence-corrected chi connectivity index (χ2v) is 5.78. The number of hydrogen-bond acceptors (Lipinski definition) is 3. The van der Waals surface area contributed by atoms with Crippen LogP contribution in [0.5, 0.6) is 0 Å². The van der Waals surface area contributed by atoms with E-state index in [2.05, 4.69) is 4.98 Å². The molecule has 2 N–H and O–H groups in total. The lowest BCUT2D eigenvalue weighted by Gasteiger charge is -2.09. The van der Waals surface area contributed by atoms with Crippen molar-refractivity contribution in [3.63, 3.8) is 0 Å². The summed E-state index contributed by atoms with van der Waals surface area (Å²) < 4.78 is 27.1. The minimum atomic E-state index is -0.462. The maximum Gasteiger partial charge on any atom is 0.137 e. The van der Waals surface area contributed by atoms with Crippen LogP contribution >= 0.6 is 11.8 Å². The highest BCUT2D eigenvalue weighted by atomic mass is 32.2. The van der Waals surface area contributed by atoms with Crippen molar-refractivity contribution >= 4 is 28.2 Å². The van der Waals surface area contributed by atoms with E-state index in [0.717, 1.165) is 33.5 Å². The summed E-state index contributed by atoms with van der Waals surface area (Å²) in [5.74, 6) is -0.909. The van der Waals surface area contributed by atoms with Crippen molar-refractivity contribution in [1.29, 1.82) is 0 Å². The monoisotopic (exact) mass is 302 g/mol. The van der Waals surface area contributed by atoms with Gasteiger partial charge in [0.1, 0.15) is 11.6 Å². The Hall–Kier alpha value is -2.14. The van der Waals surface area contributed by atoms with Gasteiger partial charge in [-0.2, -0.15) is 0 Å². The number of nitrogen functional groups attached to an aromatic ring is 1. The van der Waals surface area contributed by atoms with Gasteiger partial charge in [0.05, 0.1) is 4.90 Å². The van der Waals surface area contributed by atoms with Crippen molar-refractivity contribution < 1.29 is 8.78 Å². The smallest absolute Gasteiger partial charge is 0.137 e. The molecule has 0 saturated heterocycles. The molecular formula is C16H12F2N2S. The number of halogens is 2. The summed E-state index contributed by atoms with van der Waals surface area (Å²) in [6, 6.07) is 8.88. The van der Waals surface area contributed by atoms with Crippen LogP contribution < -0.4 is 5.73 Å². The molecule has 5 heteroatoms. The highest BCUT2D eigenvalue weighted by Crippen LogP contribution is 2.37. The summed E-state index contributed by atoms with van der Waals surface area (Å²) in [6.45, 7) is 1.87. The zero-order valence-electron chi connectivity index (χ0n) is 11.2. The predicted molar refractivity (Wildman–Crippen MR) is 81.4 cm³/mol. The van der Waals surface area contributed by atoms with Gasteiger partial charge in [0.15, 0.2) is 0 Å². The van der Waals surface area contributed by atoms with Crippen LogP contribution in [0.4, 0.5) is 14.5 Å². The van der Waals surface area contributed by atoms with Gasteiger partial charge in [0.25, 0.3) is 0 Å². The first kappa shape index (κ1) is 13.8. The molecule has 0 bridgehead atoms. The summed E-state index contributed by atoms with van der Waals surface area (Å²) in [4.78, 5) is 5.28. The van der Waals surface area contributed by atoms with Gasteiger partial charge in [0.2, 0.25) is 0 Å². The van der Waals surface area contributed by atoms with E-state index in [1.807, 2.05) is 19.1 Å². The first-order chi connectivity index (χ1) is 10.0. The number of nitrogens with two attached hydrogens (primary N) is 1. The van der Waals surface area contributed by atoms with Crippen LogP contribution in [0.15, 0.2) is 52.4 Å². The number of nitrogens with zero attached hydrogens (tertiary/aromatic N) is 1. The van der Waals surface area contributed by atoms with Crippen LogP contribution in [0.3, 0.4) is 0 Å². The molecule has 106 valence electrons. The molecule has 0 unspecified atom stereocenters. The predicted octanol–water partition coefficient (Wildman–Crippen LogP) is 4.55.